The Bertz CT molecular complexity index is 597. The molecule has 0 amide bonds. The van der Waals surface area contributed by atoms with Gasteiger partial charge >= 0.3 is 0 Å². The zero-order valence-corrected chi connectivity index (χ0v) is 17.3. The summed E-state index contributed by atoms with van der Waals surface area (Å²) in [6.45, 7) is 13.5. The Morgan fingerprint density at radius 2 is 1.15 bits per heavy atom. The molecule has 0 spiro atoms. The SMILES string of the molecule is CCC(C)CNCCc1ccc2ccc(CCNCC(C)CC)cc2c1. The Hall–Kier alpha value is -1.38. The lowest BCUT2D eigenvalue weighted by Gasteiger charge is -2.11. The molecule has 2 heteroatoms. The minimum Gasteiger partial charge on any atom is -0.316 e. The zero-order valence-electron chi connectivity index (χ0n) is 17.3. The molecule has 0 aliphatic heterocycles. The van der Waals surface area contributed by atoms with Crippen LogP contribution in [0.25, 0.3) is 10.8 Å². The second-order valence-corrected chi connectivity index (χ2v) is 7.95. The van der Waals surface area contributed by atoms with Crippen LogP contribution in [0.1, 0.15) is 51.7 Å². The lowest BCUT2D eigenvalue weighted by molar-refractivity contribution is 0.502. The van der Waals surface area contributed by atoms with Crippen molar-refractivity contribution in [3.8, 4) is 0 Å². The van der Waals surface area contributed by atoms with Gasteiger partial charge in [-0.15, -0.1) is 0 Å². The first-order valence-electron chi connectivity index (χ1n) is 10.5. The van der Waals surface area contributed by atoms with E-state index >= 15 is 0 Å². The monoisotopic (exact) mass is 354 g/mol. The summed E-state index contributed by atoms with van der Waals surface area (Å²) < 4.78 is 0. The van der Waals surface area contributed by atoms with Crippen molar-refractivity contribution in [2.45, 2.75) is 53.4 Å². The molecule has 2 atom stereocenters. The molecule has 0 heterocycles. The third-order valence-corrected chi connectivity index (χ3v) is 5.53. The molecule has 0 radical (unpaired) electrons. The van der Waals surface area contributed by atoms with E-state index in [-0.39, 0.29) is 0 Å². The summed E-state index contributed by atoms with van der Waals surface area (Å²) in [6, 6.07) is 13.8. The first-order chi connectivity index (χ1) is 12.6. The molecule has 0 aliphatic carbocycles. The predicted octanol–water partition coefficient (Wildman–Crippen LogP) is 5.20. The summed E-state index contributed by atoms with van der Waals surface area (Å²) in [4.78, 5) is 0. The lowest BCUT2D eigenvalue weighted by Crippen LogP contribution is -2.23. The first-order valence-corrected chi connectivity index (χ1v) is 10.5. The van der Waals surface area contributed by atoms with Crippen LogP contribution in [-0.4, -0.2) is 26.2 Å². The number of rotatable bonds is 12. The van der Waals surface area contributed by atoms with Crippen LogP contribution < -0.4 is 10.6 Å². The van der Waals surface area contributed by atoms with E-state index in [0.717, 1.165) is 50.9 Å². The maximum Gasteiger partial charge on any atom is -0.000823 e. The minimum absolute atomic E-state index is 0.767. The van der Waals surface area contributed by atoms with Crippen LogP contribution >= 0.6 is 0 Å². The van der Waals surface area contributed by atoms with Crippen molar-refractivity contribution in [3.05, 3.63) is 47.5 Å². The van der Waals surface area contributed by atoms with E-state index in [1.54, 1.807) is 0 Å². The van der Waals surface area contributed by atoms with Crippen LogP contribution in [-0.2, 0) is 12.8 Å². The van der Waals surface area contributed by atoms with Crippen molar-refractivity contribution >= 4 is 10.8 Å². The lowest BCUT2D eigenvalue weighted by atomic mass is 10.0. The Labute approximate surface area is 160 Å². The number of benzene rings is 2. The second-order valence-electron chi connectivity index (χ2n) is 7.95. The van der Waals surface area contributed by atoms with Gasteiger partial charge in [-0.3, -0.25) is 0 Å². The third-order valence-electron chi connectivity index (χ3n) is 5.53. The van der Waals surface area contributed by atoms with Crippen LogP contribution in [0.4, 0.5) is 0 Å². The summed E-state index contributed by atoms with van der Waals surface area (Å²) in [7, 11) is 0. The predicted molar refractivity (Wildman–Crippen MR) is 116 cm³/mol. The summed E-state index contributed by atoms with van der Waals surface area (Å²) >= 11 is 0. The van der Waals surface area contributed by atoms with Crippen LogP contribution in [0.5, 0.6) is 0 Å². The Kier molecular flexibility index (Phi) is 9.14. The van der Waals surface area contributed by atoms with E-state index in [4.69, 9.17) is 0 Å². The highest BCUT2D eigenvalue weighted by Gasteiger charge is 2.02. The summed E-state index contributed by atoms with van der Waals surface area (Å²) in [5, 5.41) is 9.89. The molecular formula is C24H38N2. The van der Waals surface area contributed by atoms with Gasteiger partial charge in [-0.25, -0.2) is 0 Å². The van der Waals surface area contributed by atoms with E-state index in [1.807, 2.05) is 0 Å². The van der Waals surface area contributed by atoms with Crippen molar-refractivity contribution < 1.29 is 0 Å². The van der Waals surface area contributed by atoms with Crippen molar-refractivity contribution in [1.29, 1.82) is 0 Å². The van der Waals surface area contributed by atoms with Crippen molar-refractivity contribution in [3.63, 3.8) is 0 Å². The second kappa shape index (κ2) is 11.4. The van der Waals surface area contributed by atoms with Gasteiger partial charge in [0.25, 0.3) is 0 Å². The van der Waals surface area contributed by atoms with Gasteiger partial charge in [0.1, 0.15) is 0 Å². The fraction of sp³-hybridized carbons (Fsp3) is 0.583. The van der Waals surface area contributed by atoms with Gasteiger partial charge in [0.05, 0.1) is 0 Å². The molecule has 2 aromatic rings. The first kappa shape index (κ1) is 20.9. The summed E-state index contributed by atoms with van der Waals surface area (Å²) in [5.74, 6) is 1.53. The Morgan fingerprint density at radius 3 is 1.58 bits per heavy atom. The van der Waals surface area contributed by atoms with E-state index in [1.165, 1.54) is 34.7 Å². The maximum absolute atomic E-state index is 3.58. The molecule has 2 N–H and O–H groups in total. The van der Waals surface area contributed by atoms with Crippen molar-refractivity contribution in [1.82, 2.24) is 10.6 Å². The molecule has 2 rings (SSSR count). The molecule has 26 heavy (non-hydrogen) atoms. The van der Waals surface area contributed by atoms with Gasteiger partial charge in [-0.1, -0.05) is 76.9 Å². The molecule has 0 fully saturated rings. The van der Waals surface area contributed by atoms with Gasteiger partial charge in [0, 0.05) is 0 Å². The summed E-state index contributed by atoms with van der Waals surface area (Å²) in [5.41, 5.74) is 2.86. The molecule has 2 nitrogen and oxygen atoms in total. The van der Waals surface area contributed by atoms with Crippen molar-refractivity contribution in [2.24, 2.45) is 11.8 Å². The highest BCUT2D eigenvalue weighted by atomic mass is 14.9. The maximum atomic E-state index is 3.58. The molecule has 2 unspecified atom stereocenters. The fourth-order valence-corrected chi connectivity index (χ4v) is 3.11. The molecule has 0 saturated carbocycles. The Morgan fingerprint density at radius 1 is 0.692 bits per heavy atom. The molecular weight excluding hydrogens is 316 g/mol. The highest BCUT2D eigenvalue weighted by molar-refractivity contribution is 5.83. The molecule has 0 aromatic heterocycles. The van der Waals surface area contributed by atoms with Crippen LogP contribution in [0.3, 0.4) is 0 Å². The minimum atomic E-state index is 0.767. The van der Waals surface area contributed by atoms with Crippen LogP contribution in [0.15, 0.2) is 36.4 Å². The highest BCUT2D eigenvalue weighted by Crippen LogP contribution is 2.18. The third kappa shape index (κ3) is 7.09. The van der Waals surface area contributed by atoms with Crippen molar-refractivity contribution in [2.75, 3.05) is 26.2 Å². The quantitative estimate of drug-likeness (QED) is 0.512. The molecule has 0 bridgehead atoms. The van der Waals surface area contributed by atoms with E-state index < -0.39 is 0 Å². The topological polar surface area (TPSA) is 24.1 Å². The number of hydrogen-bond donors (Lipinski definition) is 2. The van der Waals surface area contributed by atoms with Gasteiger partial charge in [0.2, 0.25) is 0 Å². The number of fused-ring (bicyclic) bond motifs is 1. The largest absolute Gasteiger partial charge is 0.316 e. The van der Waals surface area contributed by atoms with Crippen LogP contribution in [0, 0.1) is 11.8 Å². The van der Waals surface area contributed by atoms with E-state index in [9.17, 15) is 0 Å². The number of hydrogen-bond acceptors (Lipinski definition) is 2. The van der Waals surface area contributed by atoms with Gasteiger partial charge < -0.3 is 10.6 Å². The molecule has 144 valence electrons. The van der Waals surface area contributed by atoms with Gasteiger partial charge in [-0.2, -0.15) is 0 Å². The van der Waals surface area contributed by atoms with E-state index in [0.29, 0.717) is 0 Å². The van der Waals surface area contributed by atoms with Gasteiger partial charge in [-0.05, 0) is 72.8 Å². The fourth-order valence-electron chi connectivity index (χ4n) is 3.11. The normalized spacial score (nSPS) is 13.8. The van der Waals surface area contributed by atoms with Crippen LogP contribution in [0.2, 0.25) is 0 Å². The standard InChI is InChI=1S/C24H38N2/c1-5-19(3)17-25-13-11-21-7-9-23-10-8-22(16-24(23)15-21)12-14-26-18-20(4)6-2/h7-10,15-16,19-20,25-26H,5-6,11-14,17-18H2,1-4H3. The smallest absolute Gasteiger partial charge is 0.000823 e. The summed E-state index contributed by atoms with van der Waals surface area (Å²) in [6.07, 6.45) is 4.70. The average Bonchev–Trinajstić information content (AvgIpc) is 2.67. The van der Waals surface area contributed by atoms with Gasteiger partial charge in [0.15, 0.2) is 0 Å². The average molecular weight is 355 g/mol. The van der Waals surface area contributed by atoms with E-state index in [2.05, 4.69) is 74.7 Å². The molecule has 2 aromatic carbocycles. The molecule has 0 aliphatic rings. The number of nitrogens with one attached hydrogen (secondary N) is 2. The zero-order chi connectivity index (χ0) is 18.8. The Balaban J connectivity index is 1.86. The molecule has 0 saturated heterocycles.